The molecule has 4 heterocycles. The van der Waals surface area contributed by atoms with Gasteiger partial charge in [-0.15, -0.1) is 0 Å². The highest BCUT2D eigenvalue weighted by Crippen LogP contribution is 2.38. The number of rotatable bonds is 3. The molecule has 5 nitrogen and oxygen atoms in total. The number of carbonyl (C=O) groups excluding carboxylic acids is 1. The second-order valence-corrected chi connectivity index (χ2v) is 8.79. The van der Waals surface area contributed by atoms with Gasteiger partial charge in [-0.1, -0.05) is 29.3 Å². The summed E-state index contributed by atoms with van der Waals surface area (Å²) >= 11 is 12.2. The van der Waals surface area contributed by atoms with Crippen LogP contribution in [0.1, 0.15) is 18.4 Å². The van der Waals surface area contributed by atoms with Crippen molar-refractivity contribution in [2.75, 3.05) is 29.4 Å². The SMILES string of the molecule is Cc1ccc(N2C[C@@H]3C[C@H]2CN3C2CCN(c3ccc(Cl)c(Cl)c3)C2=O)nc1. The first-order chi connectivity index (χ1) is 13.5. The third-order valence-corrected chi connectivity index (χ3v) is 7.00. The summed E-state index contributed by atoms with van der Waals surface area (Å²) in [6.45, 7) is 4.64. The van der Waals surface area contributed by atoms with Gasteiger partial charge in [0.15, 0.2) is 0 Å². The van der Waals surface area contributed by atoms with Gasteiger partial charge in [-0.05, 0) is 49.6 Å². The summed E-state index contributed by atoms with van der Waals surface area (Å²) in [5.41, 5.74) is 2.01. The molecule has 3 atom stereocenters. The molecule has 2 bridgehead atoms. The third-order valence-electron chi connectivity index (χ3n) is 6.27. The summed E-state index contributed by atoms with van der Waals surface area (Å²) < 4.78 is 0. The van der Waals surface area contributed by atoms with Crippen molar-refractivity contribution < 1.29 is 4.79 Å². The lowest BCUT2D eigenvalue weighted by atomic mass is 10.1. The number of pyridine rings is 1. The number of halogens is 2. The number of nitrogens with zero attached hydrogens (tertiary/aromatic N) is 4. The molecule has 0 N–H and O–H groups in total. The van der Waals surface area contributed by atoms with E-state index in [1.807, 2.05) is 17.2 Å². The van der Waals surface area contributed by atoms with Gasteiger partial charge in [0.2, 0.25) is 5.91 Å². The number of benzene rings is 1. The first-order valence-corrected chi connectivity index (χ1v) is 10.5. The van der Waals surface area contributed by atoms with Crippen LogP contribution in [0.3, 0.4) is 0 Å². The highest BCUT2D eigenvalue weighted by molar-refractivity contribution is 6.42. The number of carbonyl (C=O) groups is 1. The van der Waals surface area contributed by atoms with Gasteiger partial charge in [-0.3, -0.25) is 9.69 Å². The van der Waals surface area contributed by atoms with Crippen molar-refractivity contribution >= 4 is 40.6 Å². The van der Waals surface area contributed by atoms with Crippen LogP contribution in [-0.4, -0.2) is 53.6 Å². The fraction of sp³-hybridized carbons (Fsp3) is 0.429. The van der Waals surface area contributed by atoms with Crippen LogP contribution < -0.4 is 9.80 Å². The van der Waals surface area contributed by atoms with E-state index in [-0.39, 0.29) is 11.9 Å². The minimum atomic E-state index is -0.0439. The van der Waals surface area contributed by atoms with Crippen LogP contribution in [0.15, 0.2) is 36.5 Å². The van der Waals surface area contributed by atoms with Crippen molar-refractivity contribution in [1.29, 1.82) is 0 Å². The van der Waals surface area contributed by atoms with E-state index in [2.05, 4.69) is 33.8 Å². The molecule has 0 aliphatic carbocycles. The lowest BCUT2D eigenvalue weighted by Crippen LogP contribution is -2.53. The minimum Gasteiger partial charge on any atom is -0.351 e. The summed E-state index contributed by atoms with van der Waals surface area (Å²) in [5.74, 6) is 1.22. The molecule has 1 unspecified atom stereocenters. The van der Waals surface area contributed by atoms with Gasteiger partial charge < -0.3 is 9.80 Å². The summed E-state index contributed by atoms with van der Waals surface area (Å²) in [5, 5.41) is 0.993. The van der Waals surface area contributed by atoms with E-state index in [4.69, 9.17) is 23.2 Å². The zero-order valence-electron chi connectivity index (χ0n) is 15.7. The number of fused-ring (bicyclic) bond motifs is 2. The second kappa shape index (κ2) is 6.90. The van der Waals surface area contributed by atoms with Crippen LogP contribution in [0.4, 0.5) is 11.5 Å². The quantitative estimate of drug-likeness (QED) is 0.763. The van der Waals surface area contributed by atoms with Gasteiger partial charge in [0.25, 0.3) is 0 Å². The molecule has 28 heavy (non-hydrogen) atoms. The minimum absolute atomic E-state index is 0.0439. The molecule has 0 spiro atoms. The van der Waals surface area contributed by atoms with Crippen molar-refractivity contribution in [1.82, 2.24) is 9.88 Å². The second-order valence-electron chi connectivity index (χ2n) is 7.98. The fourth-order valence-corrected chi connectivity index (χ4v) is 5.16. The third kappa shape index (κ3) is 2.97. The average Bonchev–Trinajstić information content (AvgIpc) is 3.38. The van der Waals surface area contributed by atoms with E-state index in [0.29, 0.717) is 22.1 Å². The molecule has 1 aromatic carbocycles. The summed E-state index contributed by atoms with van der Waals surface area (Å²) in [6, 6.07) is 10.4. The van der Waals surface area contributed by atoms with Crippen molar-refractivity contribution in [3.63, 3.8) is 0 Å². The Morgan fingerprint density at radius 1 is 1.07 bits per heavy atom. The Labute approximate surface area is 174 Å². The number of piperazine rings is 1. The Morgan fingerprint density at radius 3 is 2.61 bits per heavy atom. The summed E-state index contributed by atoms with van der Waals surface area (Å²) in [4.78, 5) is 24.4. The average molecular weight is 417 g/mol. The van der Waals surface area contributed by atoms with Crippen LogP contribution >= 0.6 is 23.2 Å². The van der Waals surface area contributed by atoms with Gasteiger partial charge in [-0.2, -0.15) is 0 Å². The summed E-state index contributed by atoms with van der Waals surface area (Å²) in [6.07, 6.45) is 3.88. The smallest absolute Gasteiger partial charge is 0.244 e. The first kappa shape index (κ1) is 18.2. The van der Waals surface area contributed by atoms with Crippen molar-refractivity contribution in [2.45, 2.75) is 37.9 Å². The van der Waals surface area contributed by atoms with Crippen LogP contribution in [0.2, 0.25) is 10.0 Å². The van der Waals surface area contributed by atoms with E-state index in [9.17, 15) is 4.79 Å². The molecule has 3 aliphatic rings. The van der Waals surface area contributed by atoms with Crippen LogP contribution in [0.5, 0.6) is 0 Å². The molecular formula is C21H22Cl2N4O. The fourth-order valence-electron chi connectivity index (χ4n) is 4.87. The molecule has 0 radical (unpaired) electrons. The number of likely N-dealkylation sites (tertiary alicyclic amines) is 1. The number of hydrogen-bond donors (Lipinski definition) is 0. The molecule has 3 aliphatic heterocycles. The van der Waals surface area contributed by atoms with Crippen molar-refractivity contribution in [3.05, 3.63) is 52.1 Å². The highest BCUT2D eigenvalue weighted by atomic mass is 35.5. The van der Waals surface area contributed by atoms with E-state index >= 15 is 0 Å². The maximum absolute atomic E-state index is 13.1. The van der Waals surface area contributed by atoms with Crippen LogP contribution in [-0.2, 0) is 4.79 Å². The number of hydrogen-bond acceptors (Lipinski definition) is 4. The monoisotopic (exact) mass is 416 g/mol. The van der Waals surface area contributed by atoms with E-state index < -0.39 is 0 Å². The van der Waals surface area contributed by atoms with E-state index in [0.717, 1.165) is 44.0 Å². The van der Waals surface area contributed by atoms with E-state index in [1.165, 1.54) is 5.56 Å². The maximum atomic E-state index is 13.1. The lowest BCUT2D eigenvalue weighted by Gasteiger charge is -2.37. The van der Waals surface area contributed by atoms with Gasteiger partial charge in [-0.25, -0.2) is 4.98 Å². The molecule has 7 heteroatoms. The number of amides is 1. The number of aromatic nitrogens is 1. The van der Waals surface area contributed by atoms with Crippen LogP contribution in [0, 0.1) is 6.92 Å². The zero-order valence-corrected chi connectivity index (χ0v) is 17.2. The van der Waals surface area contributed by atoms with Crippen LogP contribution in [0.25, 0.3) is 0 Å². The molecular weight excluding hydrogens is 395 g/mol. The Bertz CT molecular complexity index is 919. The molecule has 1 amide bonds. The zero-order chi connectivity index (χ0) is 19.4. The predicted octanol–water partition coefficient (Wildman–Crippen LogP) is 3.77. The predicted molar refractivity (Wildman–Crippen MR) is 112 cm³/mol. The molecule has 2 aromatic rings. The summed E-state index contributed by atoms with van der Waals surface area (Å²) in [7, 11) is 0. The van der Waals surface area contributed by atoms with Gasteiger partial charge in [0.05, 0.1) is 16.1 Å². The lowest BCUT2D eigenvalue weighted by molar-refractivity contribution is -0.122. The molecule has 1 aromatic heterocycles. The molecule has 0 saturated carbocycles. The standard InChI is InChI=1S/C21H22Cl2N4O/c1-13-2-5-20(24-10-13)27-12-15-8-16(27)11-26(15)19-6-7-25(21(19)28)14-3-4-17(22)18(23)9-14/h2-5,9-10,15-16,19H,6-8,11-12H2,1H3/t15-,16-,19?/m0/s1. The number of anilines is 2. The van der Waals surface area contributed by atoms with Gasteiger partial charge in [0.1, 0.15) is 5.82 Å². The Kier molecular flexibility index (Phi) is 4.49. The van der Waals surface area contributed by atoms with Crippen molar-refractivity contribution in [2.24, 2.45) is 0 Å². The normalized spacial score (nSPS) is 27.2. The molecule has 5 rings (SSSR count). The van der Waals surface area contributed by atoms with Gasteiger partial charge >= 0.3 is 0 Å². The van der Waals surface area contributed by atoms with Gasteiger partial charge in [0, 0.05) is 43.6 Å². The number of aryl methyl sites for hydroxylation is 1. The first-order valence-electron chi connectivity index (χ1n) is 9.73. The van der Waals surface area contributed by atoms with E-state index in [1.54, 1.807) is 12.1 Å². The molecule has 3 fully saturated rings. The molecule has 3 saturated heterocycles. The van der Waals surface area contributed by atoms with Crippen molar-refractivity contribution in [3.8, 4) is 0 Å². The Morgan fingerprint density at radius 2 is 1.93 bits per heavy atom. The largest absolute Gasteiger partial charge is 0.351 e. The molecule has 146 valence electrons. The topological polar surface area (TPSA) is 39.7 Å². The Hall–Kier alpha value is -1.82. The Balaban J connectivity index is 1.29. The maximum Gasteiger partial charge on any atom is 0.244 e. The highest BCUT2D eigenvalue weighted by Gasteiger charge is 2.49.